The minimum absolute atomic E-state index is 0.0964. The minimum atomic E-state index is 0.0964. The molecule has 1 aliphatic heterocycles. The number of nitrogens with zero attached hydrogens (tertiary/aromatic N) is 1. The topological polar surface area (TPSA) is 32.3 Å². The molecule has 0 aromatic heterocycles. The maximum atomic E-state index is 12.2. The average molecular weight is 367 g/mol. The lowest BCUT2D eigenvalue weighted by Gasteiger charge is -2.17. The number of benzene rings is 2. The first-order valence-electron chi connectivity index (χ1n) is 9.63. The van der Waals surface area contributed by atoms with Crippen molar-refractivity contribution in [1.82, 2.24) is 5.32 Å². The van der Waals surface area contributed by atoms with E-state index in [1.807, 2.05) is 0 Å². The van der Waals surface area contributed by atoms with Crippen molar-refractivity contribution < 1.29 is 4.79 Å². The number of carbonyl (C=O) groups excluding carboxylic acids is 1. The molecule has 0 spiro atoms. The zero-order valence-corrected chi connectivity index (χ0v) is 16.0. The van der Waals surface area contributed by atoms with Gasteiger partial charge in [0.25, 0.3) is 0 Å². The molecular weight excluding hydrogens is 340 g/mol. The molecule has 0 radical (unpaired) electrons. The number of fused-ring (bicyclic) bond motifs is 1. The lowest BCUT2D eigenvalue weighted by molar-refractivity contribution is -0.118. The SMILES string of the molecule is O=C(CSc1ccc2c(c1)CCC2)NCc1ccc(N2CCCC2)cc1. The summed E-state index contributed by atoms with van der Waals surface area (Å²) in [4.78, 5) is 15.8. The van der Waals surface area contributed by atoms with Gasteiger partial charge >= 0.3 is 0 Å². The molecule has 2 aromatic rings. The summed E-state index contributed by atoms with van der Waals surface area (Å²) in [6.07, 6.45) is 6.24. The van der Waals surface area contributed by atoms with Crippen molar-refractivity contribution in [3.63, 3.8) is 0 Å². The summed E-state index contributed by atoms with van der Waals surface area (Å²) in [6, 6.07) is 15.2. The van der Waals surface area contributed by atoms with Crippen molar-refractivity contribution in [3.8, 4) is 0 Å². The van der Waals surface area contributed by atoms with Gasteiger partial charge in [0, 0.05) is 30.2 Å². The van der Waals surface area contributed by atoms with Crippen LogP contribution in [0.5, 0.6) is 0 Å². The second-order valence-electron chi connectivity index (χ2n) is 7.21. The molecule has 1 fully saturated rings. The summed E-state index contributed by atoms with van der Waals surface area (Å²) in [5, 5.41) is 3.04. The van der Waals surface area contributed by atoms with E-state index in [0.717, 1.165) is 18.7 Å². The Hall–Kier alpha value is -1.94. The fourth-order valence-electron chi connectivity index (χ4n) is 3.84. The van der Waals surface area contributed by atoms with Crippen molar-refractivity contribution in [2.45, 2.75) is 43.5 Å². The average Bonchev–Trinajstić information content (AvgIpc) is 3.36. The Kier molecular flexibility index (Phi) is 5.49. The number of nitrogens with one attached hydrogen (secondary N) is 1. The highest BCUT2D eigenvalue weighted by Gasteiger charge is 2.13. The zero-order chi connectivity index (χ0) is 17.8. The van der Waals surface area contributed by atoms with E-state index in [-0.39, 0.29) is 5.91 Å². The predicted octanol–water partition coefficient (Wildman–Crippen LogP) is 4.18. The number of aryl methyl sites for hydroxylation is 2. The van der Waals surface area contributed by atoms with Crippen LogP contribution in [0.25, 0.3) is 0 Å². The number of amides is 1. The molecule has 4 heteroatoms. The van der Waals surface area contributed by atoms with Crippen LogP contribution in [0.2, 0.25) is 0 Å². The Morgan fingerprint density at radius 3 is 2.54 bits per heavy atom. The summed E-state index contributed by atoms with van der Waals surface area (Å²) < 4.78 is 0. The molecule has 3 nitrogen and oxygen atoms in total. The second-order valence-corrected chi connectivity index (χ2v) is 8.26. The van der Waals surface area contributed by atoms with E-state index < -0.39 is 0 Å². The van der Waals surface area contributed by atoms with Gasteiger partial charge in [-0.25, -0.2) is 0 Å². The van der Waals surface area contributed by atoms with Gasteiger partial charge in [-0.3, -0.25) is 4.79 Å². The Bertz CT molecular complexity index is 766. The van der Waals surface area contributed by atoms with Crippen LogP contribution < -0.4 is 10.2 Å². The molecule has 4 rings (SSSR count). The third-order valence-corrected chi connectivity index (χ3v) is 6.33. The van der Waals surface area contributed by atoms with E-state index in [1.54, 1.807) is 11.8 Å². The largest absolute Gasteiger partial charge is 0.372 e. The molecular formula is C22H26N2OS. The molecule has 1 aliphatic carbocycles. The summed E-state index contributed by atoms with van der Waals surface area (Å²) in [6.45, 7) is 2.93. The van der Waals surface area contributed by atoms with Crippen molar-refractivity contribution in [2.75, 3.05) is 23.7 Å². The van der Waals surface area contributed by atoms with Gasteiger partial charge in [0.2, 0.25) is 5.91 Å². The van der Waals surface area contributed by atoms with Crippen molar-refractivity contribution in [1.29, 1.82) is 0 Å². The Balaban J connectivity index is 1.23. The summed E-state index contributed by atoms with van der Waals surface area (Å²) in [7, 11) is 0. The molecule has 136 valence electrons. The normalized spacial score (nSPS) is 15.9. The first-order valence-corrected chi connectivity index (χ1v) is 10.6. The molecule has 0 unspecified atom stereocenters. The Morgan fingerprint density at radius 2 is 1.73 bits per heavy atom. The number of carbonyl (C=O) groups is 1. The van der Waals surface area contributed by atoms with E-state index in [4.69, 9.17) is 0 Å². The van der Waals surface area contributed by atoms with E-state index in [1.165, 1.54) is 53.8 Å². The third-order valence-electron chi connectivity index (χ3n) is 5.34. The Labute approximate surface area is 160 Å². The lowest BCUT2D eigenvalue weighted by atomic mass is 10.1. The van der Waals surface area contributed by atoms with Crippen LogP contribution in [0.15, 0.2) is 47.4 Å². The van der Waals surface area contributed by atoms with Crippen LogP contribution in [0.3, 0.4) is 0 Å². The van der Waals surface area contributed by atoms with Crippen LogP contribution in [-0.2, 0) is 24.2 Å². The summed E-state index contributed by atoms with van der Waals surface area (Å²) >= 11 is 1.63. The van der Waals surface area contributed by atoms with Gasteiger partial charge in [-0.15, -0.1) is 11.8 Å². The van der Waals surface area contributed by atoms with Gasteiger partial charge in [0.15, 0.2) is 0 Å². The molecule has 1 saturated heterocycles. The third kappa shape index (κ3) is 4.24. The molecule has 0 bridgehead atoms. The van der Waals surface area contributed by atoms with Crippen LogP contribution in [0.1, 0.15) is 36.0 Å². The van der Waals surface area contributed by atoms with Gasteiger partial charge in [-0.1, -0.05) is 18.2 Å². The van der Waals surface area contributed by atoms with E-state index in [2.05, 4.69) is 52.7 Å². The highest BCUT2D eigenvalue weighted by Crippen LogP contribution is 2.27. The number of thioether (sulfide) groups is 1. The standard InChI is InChI=1S/C22H26N2OS/c25-22(16-26-21-11-8-18-4-3-5-19(18)14-21)23-15-17-6-9-20(10-7-17)24-12-1-2-13-24/h6-11,14H,1-5,12-13,15-16H2,(H,23,25). The molecule has 26 heavy (non-hydrogen) atoms. The van der Waals surface area contributed by atoms with Gasteiger partial charge < -0.3 is 10.2 Å². The van der Waals surface area contributed by atoms with E-state index in [9.17, 15) is 4.79 Å². The fourth-order valence-corrected chi connectivity index (χ4v) is 4.63. The quantitative estimate of drug-likeness (QED) is 0.778. The molecule has 2 aromatic carbocycles. The predicted molar refractivity (Wildman–Crippen MR) is 109 cm³/mol. The number of anilines is 1. The molecule has 0 saturated carbocycles. The van der Waals surface area contributed by atoms with Crippen molar-refractivity contribution in [2.24, 2.45) is 0 Å². The van der Waals surface area contributed by atoms with Gasteiger partial charge in [0.1, 0.15) is 0 Å². The molecule has 1 amide bonds. The maximum Gasteiger partial charge on any atom is 0.230 e. The van der Waals surface area contributed by atoms with Gasteiger partial charge in [0.05, 0.1) is 5.75 Å². The smallest absolute Gasteiger partial charge is 0.230 e. The van der Waals surface area contributed by atoms with Crippen molar-refractivity contribution in [3.05, 3.63) is 59.2 Å². The highest BCUT2D eigenvalue weighted by molar-refractivity contribution is 8.00. The van der Waals surface area contributed by atoms with E-state index >= 15 is 0 Å². The molecule has 0 atom stereocenters. The minimum Gasteiger partial charge on any atom is -0.372 e. The highest BCUT2D eigenvalue weighted by atomic mass is 32.2. The van der Waals surface area contributed by atoms with Crippen molar-refractivity contribution >= 4 is 23.4 Å². The summed E-state index contributed by atoms with van der Waals surface area (Å²) in [5.74, 6) is 0.573. The van der Waals surface area contributed by atoms with Crippen LogP contribution in [-0.4, -0.2) is 24.7 Å². The van der Waals surface area contributed by atoms with Crippen LogP contribution in [0.4, 0.5) is 5.69 Å². The maximum absolute atomic E-state index is 12.2. The monoisotopic (exact) mass is 366 g/mol. The zero-order valence-electron chi connectivity index (χ0n) is 15.2. The second kappa shape index (κ2) is 8.17. The first kappa shape index (κ1) is 17.5. The van der Waals surface area contributed by atoms with E-state index in [0.29, 0.717) is 12.3 Å². The number of hydrogen-bond donors (Lipinski definition) is 1. The molecule has 1 N–H and O–H groups in total. The Morgan fingerprint density at radius 1 is 0.962 bits per heavy atom. The van der Waals surface area contributed by atoms with Gasteiger partial charge in [-0.05, 0) is 73.1 Å². The van der Waals surface area contributed by atoms with Crippen LogP contribution in [0, 0.1) is 0 Å². The first-order chi connectivity index (χ1) is 12.8. The number of hydrogen-bond acceptors (Lipinski definition) is 3. The lowest BCUT2D eigenvalue weighted by Crippen LogP contribution is -2.24. The molecule has 1 heterocycles. The molecule has 2 aliphatic rings. The van der Waals surface area contributed by atoms with Crippen LogP contribution >= 0.6 is 11.8 Å². The fraction of sp³-hybridized carbons (Fsp3) is 0.409. The summed E-state index contributed by atoms with van der Waals surface area (Å²) in [5.41, 5.74) is 5.40. The van der Waals surface area contributed by atoms with Gasteiger partial charge in [-0.2, -0.15) is 0 Å². The number of rotatable bonds is 6.